The third-order valence-corrected chi connectivity index (χ3v) is 4.41. The highest BCUT2D eigenvalue weighted by Crippen LogP contribution is 2.27. The fourth-order valence-electron chi connectivity index (χ4n) is 2.90. The largest absolute Gasteiger partial charge is 0.493 e. The number of rotatable bonds is 9. The first-order chi connectivity index (χ1) is 14.0. The average Bonchev–Trinajstić information content (AvgIpc) is 2.74. The van der Waals surface area contributed by atoms with Crippen LogP contribution in [0.2, 0.25) is 0 Å². The Labute approximate surface area is 170 Å². The van der Waals surface area contributed by atoms with Crippen LogP contribution in [0.5, 0.6) is 11.5 Å². The van der Waals surface area contributed by atoms with Gasteiger partial charge in [0.1, 0.15) is 0 Å². The van der Waals surface area contributed by atoms with Crippen molar-refractivity contribution in [3.8, 4) is 17.6 Å². The third-order valence-electron chi connectivity index (χ3n) is 4.41. The van der Waals surface area contributed by atoms with E-state index in [0.717, 1.165) is 5.56 Å². The van der Waals surface area contributed by atoms with Crippen molar-refractivity contribution in [3.05, 3.63) is 53.6 Å². The maximum atomic E-state index is 12.2. The van der Waals surface area contributed by atoms with Gasteiger partial charge < -0.3 is 19.7 Å². The van der Waals surface area contributed by atoms with Crippen LogP contribution in [0.15, 0.2) is 42.5 Å². The lowest BCUT2D eigenvalue weighted by Crippen LogP contribution is -2.37. The van der Waals surface area contributed by atoms with Crippen molar-refractivity contribution in [3.63, 3.8) is 0 Å². The summed E-state index contributed by atoms with van der Waals surface area (Å²) in [5, 5.41) is 11.9. The predicted octanol–water partition coefficient (Wildman–Crippen LogP) is 2.68. The molecular weight excluding hydrogens is 370 g/mol. The van der Waals surface area contributed by atoms with Crippen LogP contribution in [0.25, 0.3) is 0 Å². The summed E-state index contributed by atoms with van der Waals surface area (Å²) < 4.78 is 10.5. The monoisotopic (exact) mass is 395 g/mol. The van der Waals surface area contributed by atoms with E-state index in [-0.39, 0.29) is 11.8 Å². The topological polar surface area (TPSA) is 91.7 Å². The van der Waals surface area contributed by atoms with Crippen LogP contribution in [0, 0.1) is 11.3 Å². The molecule has 0 aromatic heterocycles. The second-order valence-corrected chi connectivity index (χ2v) is 6.37. The molecule has 2 rings (SSSR count). The Hall–Kier alpha value is -3.53. The molecule has 0 aliphatic carbocycles. The molecule has 0 radical (unpaired) electrons. The van der Waals surface area contributed by atoms with E-state index in [1.807, 2.05) is 18.2 Å². The van der Waals surface area contributed by atoms with Crippen LogP contribution in [0.4, 0.5) is 5.69 Å². The van der Waals surface area contributed by atoms with Gasteiger partial charge in [0, 0.05) is 32.1 Å². The maximum absolute atomic E-state index is 12.2. The van der Waals surface area contributed by atoms with Gasteiger partial charge in [-0.25, -0.2) is 0 Å². The summed E-state index contributed by atoms with van der Waals surface area (Å²) in [6.45, 7) is 2.10. The summed E-state index contributed by atoms with van der Waals surface area (Å²) in [5.41, 5.74) is 2.08. The molecule has 0 spiro atoms. The zero-order valence-electron chi connectivity index (χ0n) is 16.9. The van der Waals surface area contributed by atoms with E-state index in [4.69, 9.17) is 14.7 Å². The van der Waals surface area contributed by atoms with Gasteiger partial charge in [-0.3, -0.25) is 9.59 Å². The molecule has 0 aliphatic rings. The van der Waals surface area contributed by atoms with E-state index < -0.39 is 0 Å². The van der Waals surface area contributed by atoms with Crippen molar-refractivity contribution in [2.45, 2.75) is 19.8 Å². The van der Waals surface area contributed by atoms with Gasteiger partial charge in [0.15, 0.2) is 11.5 Å². The van der Waals surface area contributed by atoms with E-state index in [0.29, 0.717) is 48.7 Å². The van der Waals surface area contributed by atoms with E-state index >= 15 is 0 Å². The number of anilines is 1. The molecule has 0 saturated heterocycles. The maximum Gasteiger partial charge on any atom is 0.223 e. The average molecular weight is 395 g/mol. The number of methoxy groups -OCH3 is 2. The molecule has 29 heavy (non-hydrogen) atoms. The number of carbonyl (C=O) groups excluding carboxylic acids is 2. The number of nitrogens with one attached hydrogen (secondary N) is 1. The highest BCUT2D eigenvalue weighted by molar-refractivity contribution is 5.91. The van der Waals surface area contributed by atoms with Crippen molar-refractivity contribution in [1.29, 1.82) is 5.26 Å². The number of benzene rings is 2. The lowest BCUT2D eigenvalue weighted by molar-refractivity contribution is -0.121. The van der Waals surface area contributed by atoms with Crippen molar-refractivity contribution >= 4 is 17.5 Å². The Kier molecular flexibility index (Phi) is 8.04. The lowest BCUT2D eigenvalue weighted by atomic mass is 10.1. The molecule has 0 aliphatic heterocycles. The number of nitriles is 1. The Morgan fingerprint density at radius 2 is 1.86 bits per heavy atom. The molecule has 0 bridgehead atoms. The van der Waals surface area contributed by atoms with Crippen molar-refractivity contribution in [2.75, 3.05) is 32.2 Å². The van der Waals surface area contributed by atoms with Crippen LogP contribution in [-0.2, 0) is 16.0 Å². The second kappa shape index (κ2) is 10.7. The molecule has 152 valence electrons. The highest BCUT2D eigenvalue weighted by Gasteiger charge is 2.13. The number of hydrogen-bond acceptors (Lipinski definition) is 5. The summed E-state index contributed by atoms with van der Waals surface area (Å²) in [6.07, 6.45) is 0.881. The predicted molar refractivity (Wildman–Crippen MR) is 110 cm³/mol. The van der Waals surface area contributed by atoms with Crippen molar-refractivity contribution in [2.24, 2.45) is 0 Å². The minimum absolute atomic E-state index is 0.103. The fraction of sp³-hybridized carbons (Fsp3) is 0.318. The number of carbonyl (C=O) groups is 2. The SMILES string of the molecule is COc1ccc(CCC(=O)NCCN(C(C)=O)c2cccc(C#N)c2)cc1OC. The molecule has 7 nitrogen and oxygen atoms in total. The summed E-state index contributed by atoms with van der Waals surface area (Å²) in [5.74, 6) is 1.02. The van der Waals surface area contributed by atoms with E-state index in [9.17, 15) is 9.59 Å². The molecule has 2 aromatic rings. The van der Waals surface area contributed by atoms with Gasteiger partial charge in [0.05, 0.1) is 25.9 Å². The highest BCUT2D eigenvalue weighted by atomic mass is 16.5. The normalized spacial score (nSPS) is 10.0. The molecule has 2 amide bonds. The first-order valence-corrected chi connectivity index (χ1v) is 9.24. The molecule has 1 N–H and O–H groups in total. The number of nitrogens with zero attached hydrogens (tertiary/aromatic N) is 2. The van der Waals surface area contributed by atoms with Crippen LogP contribution in [0.3, 0.4) is 0 Å². The molecule has 0 saturated carbocycles. The molecule has 0 atom stereocenters. The van der Waals surface area contributed by atoms with Gasteiger partial charge in [-0.05, 0) is 42.3 Å². The Bertz CT molecular complexity index is 905. The van der Waals surface area contributed by atoms with Gasteiger partial charge in [-0.1, -0.05) is 12.1 Å². The molecular formula is C22H25N3O4. The Balaban J connectivity index is 1.86. The first-order valence-electron chi connectivity index (χ1n) is 9.24. The fourth-order valence-corrected chi connectivity index (χ4v) is 2.90. The first kappa shape index (κ1) is 21.8. The summed E-state index contributed by atoms with van der Waals surface area (Å²) in [6, 6.07) is 14.4. The zero-order valence-corrected chi connectivity index (χ0v) is 16.9. The van der Waals surface area contributed by atoms with Crippen LogP contribution < -0.4 is 19.7 Å². The van der Waals surface area contributed by atoms with Crippen molar-refractivity contribution in [1.82, 2.24) is 5.32 Å². The van der Waals surface area contributed by atoms with Crippen LogP contribution in [-0.4, -0.2) is 39.1 Å². The lowest BCUT2D eigenvalue weighted by Gasteiger charge is -2.21. The summed E-state index contributed by atoms with van der Waals surface area (Å²) in [4.78, 5) is 25.7. The van der Waals surface area contributed by atoms with E-state index in [1.54, 1.807) is 38.5 Å². The minimum Gasteiger partial charge on any atom is -0.493 e. The van der Waals surface area contributed by atoms with E-state index in [2.05, 4.69) is 11.4 Å². The molecule has 0 heterocycles. The standard InChI is InChI=1S/C22H25N3O4/c1-16(26)25(19-6-4-5-18(13-19)15-23)12-11-24-22(27)10-8-17-7-9-20(28-2)21(14-17)29-3/h4-7,9,13-14H,8,10-12H2,1-3H3,(H,24,27). The van der Waals surface area contributed by atoms with Crippen LogP contribution >= 0.6 is 0 Å². The van der Waals surface area contributed by atoms with Gasteiger partial charge in [0.25, 0.3) is 0 Å². The van der Waals surface area contributed by atoms with E-state index in [1.165, 1.54) is 11.8 Å². The van der Waals surface area contributed by atoms with Gasteiger partial charge in [-0.15, -0.1) is 0 Å². The van der Waals surface area contributed by atoms with Crippen LogP contribution in [0.1, 0.15) is 24.5 Å². The smallest absolute Gasteiger partial charge is 0.223 e. The Morgan fingerprint density at radius 1 is 1.10 bits per heavy atom. The summed E-state index contributed by atoms with van der Waals surface area (Å²) >= 11 is 0. The van der Waals surface area contributed by atoms with Gasteiger partial charge >= 0.3 is 0 Å². The molecule has 0 unspecified atom stereocenters. The number of amides is 2. The molecule has 0 fully saturated rings. The summed E-state index contributed by atoms with van der Waals surface area (Å²) in [7, 11) is 3.15. The Morgan fingerprint density at radius 3 is 2.52 bits per heavy atom. The van der Waals surface area contributed by atoms with Gasteiger partial charge in [0.2, 0.25) is 11.8 Å². The third kappa shape index (κ3) is 6.25. The number of aryl methyl sites for hydroxylation is 1. The zero-order chi connectivity index (χ0) is 21.2. The minimum atomic E-state index is -0.153. The quantitative estimate of drug-likeness (QED) is 0.705. The molecule has 2 aromatic carbocycles. The number of hydrogen-bond donors (Lipinski definition) is 1. The van der Waals surface area contributed by atoms with Gasteiger partial charge in [-0.2, -0.15) is 5.26 Å². The molecule has 7 heteroatoms. The number of ether oxygens (including phenoxy) is 2. The van der Waals surface area contributed by atoms with Crippen molar-refractivity contribution < 1.29 is 19.1 Å². The second-order valence-electron chi connectivity index (χ2n) is 6.37.